The first-order valence-corrected chi connectivity index (χ1v) is 8.62. The summed E-state index contributed by atoms with van der Waals surface area (Å²) in [6.07, 6.45) is 2.83. The van der Waals surface area contributed by atoms with Crippen LogP contribution in [-0.2, 0) is 13.0 Å². The number of nitrogens with two attached hydrogens (primary N) is 1. The molecular weight excluding hydrogens is 291 g/mol. The predicted octanol–water partition coefficient (Wildman–Crippen LogP) is 4.33. The highest BCUT2D eigenvalue weighted by molar-refractivity contribution is 7.98. The molecule has 0 radical (unpaired) electrons. The van der Waals surface area contributed by atoms with Gasteiger partial charge < -0.3 is 5.73 Å². The monoisotopic (exact) mass is 310 g/mol. The van der Waals surface area contributed by atoms with E-state index in [-0.39, 0.29) is 5.82 Å². The second-order valence-electron chi connectivity index (χ2n) is 5.01. The van der Waals surface area contributed by atoms with Gasteiger partial charge in [0, 0.05) is 16.3 Å². The van der Waals surface area contributed by atoms with Gasteiger partial charge in [-0.2, -0.15) is 0 Å². The van der Waals surface area contributed by atoms with E-state index >= 15 is 0 Å². The SMILES string of the molecule is CSc1cccc(F)c1-c1nc(CC(C)C)c(CN)s1. The Kier molecular flexibility index (Phi) is 5.18. The Balaban J connectivity index is 2.51. The first-order valence-electron chi connectivity index (χ1n) is 6.58. The summed E-state index contributed by atoms with van der Waals surface area (Å²) in [4.78, 5) is 6.62. The van der Waals surface area contributed by atoms with Gasteiger partial charge in [0.1, 0.15) is 10.8 Å². The smallest absolute Gasteiger partial charge is 0.134 e. The van der Waals surface area contributed by atoms with Crippen molar-refractivity contribution in [2.75, 3.05) is 6.26 Å². The summed E-state index contributed by atoms with van der Waals surface area (Å²) in [6, 6.07) is 5.15. The Morgan fingerprint density at radius 1 is 1.40 bits per heavy atom. The maximum atomic E-state index is 14.2. The molecule has 0 aliphatic carbocycles. The molecule has 2 N–H and O–H groups in total. The number of rotatable bonds is 5. The maximum Gasteiger partial charge on any atom is 0.134 e. The lowest BCUT2D eigenvalue weighted by Gasteiger charge is -2.05. The molecule has 0 saturated heterocycles. The quantitative estimate of drug-likeness (QED) is 0.836. The molecule has 1 heterocycles. The summed E-state index contributed by atoms with van der Waals surface area (Å²) in [5.41, 5.74) is 7.42. The van der Waals surface area contributed by atoms with Crippen molar-refractivity contribution in [1.82, 2.24) is 4.98 Å². The van der Waals surface area contributed by atoms with E-state index in [1.807, 2.05) is 12.3 Å². The molecule has 0 unspecified atom stereocenters. The van der Waals surface area contributed by atoms with Crippen LogP contribution in [-0.4, -0.2) is 11.2 Å². The molecule has 2 aromatic rings. The molecule has 2 rings (SSSR count). The normalized spacial score (nSPS) is 11.3. The lowest BCUT2D eigenvalue weighted by molar-refractivity contribution is 0.626. The van der Waals surface area contributed by atoms with Crippen LogP contribution in [0.5, 0.6) is 0 Å². The Labute approximate surface area is 127 Å². The van der Waals surface area contributed by atoms with Crippen LogP contribution in [0, 0.1) is 11.7 Å². The summed E-state index contributed by atoms with van der Waals surface area (Å²) in [5.74, 6) is 0.293. The summed E-state index contributed by atoms with van der Waals surface area (Å²) in [7, 11) is 0. The van der Waals surface area contributed by atoms with Gasteiger partial charge in [0.2, 0.25) is 0 Å². The fourth-order valence-electron chi connectivity index (χ4n) is 2.08. The maximum absolute atomic E-state index is 14.2. The second kappa shape index (κ2) is 6.70. The van der Waals surface area contributed by atoms with Crippen LogP contribution in [0.4, 0.5) is 4.39 Å². The van der Waals surface area contributed by atoms with Gasteiger partial charge in [0.05, 0.1) is 11.3 Å². The first kappa shape index (κ1) is 15.5. The summed E-state index contributed by atoms with van der Waals surface area (Å²) in [6.45, 7) is 4.76. The molecule has 0 saturated carbocycles. The summed E-state index contributed by atoms with van der Waals surface area (Å²) >= 11 is 3.05. The van der Waals surface area contributed by atoms with Gasteiger partial charge in [0.25, 0.3) is 0 Å². The Morgan fingerprint density at radius 2 is 2.15 bits per heavy atom. The van der Waals surface area contributed by atoms with Crippen LogP contribution >= 0.6 is 23.1 Å². The average molecular weight is 310 g/mol. The average Bonchev–Trinajstić information content (AvgIpc) is 2.80. The Hall–Kier alpha value is -0.910. The van der Waals surface area contributed by atoms with Gasteiger partial charge in [-0.05, 0) is 30.7 Å². The lowest BCUT2D eigenvalue weighted by atomic mass is 10.1. The van der Waals surface area contributed by atoms with Gasteiger partial charge in [-0.1, -0.05) is 19.9 Å². The topological polar surface area (TPSA) is 38.9 Å². The van der Waals surface area contributed by atoms with Crippen LogP contribution < -0.4 is 5.73 Å². The first-order chi connectivity index (χ1) is 9.56. The largest absolute Gasteiger partial charge is 0.326 e. The Bertz CT molecular complexity index is 594. The highest BCUT2D eigenvalue weighted by atomic mass is 32.2. The van der Waals surface area contributed by atoms with Gasteiger partial charge in [0.15, 0.2) is 0 Å². The number of benzene rings is 1. The van der Waals surface area contributed by atoms with Crippen LogP contribution in [0.1, 0.15) is 24.4 Å². The van der Waals surface area contributed by atoms with Crippen LogP contribution in [0.3, 0.4) is 0 Å². The number of nitrogens with zero attached hydrogens (tertiary/aromatic N) is 1. The third-order valence-electron chi connectivity index (χ3n) is 2.97. The standard InChI is InChI=1S/C15H19FN2S2/c1-9(2)7-11-13(8-17)20-15(18-11)14-10(16)5-4-6-12(14)19-3/h4-6,9H,7-8,17H2,1-3H3. The molecule has 5 heteroatoms. The second-order valence-corrected chi connectivity index (χ2v) is 6.94. The number of aromatic nitrogens is 1. The molecule has 20 heavy (non-hydrogen) atoms. The minimum absolute atomic E-state index is 0.217. The van der Waals surface area contributed by atoms with E-state index in [0.717, 1.165) is 26.9 Å². The zero-order chi connectivity index (χ0) is 14.7. The van der Waals surface area contributed by atoms with E-state index in [2.05, 4.69) is 18.8 Å². The minimum Gasteiger partial charge on any atom is -0.326 e. The van der Waals surface area contributed by atoms with Crippen LogP contribution in [0.15, 0.2) is 23.1 Å². The fraction of sp³-hybridized carbons (Fsp3) is 0.400. The van der Waals surface area contributed by atoms with Crippen molar-refractivity contribution in [3.05, 3.63) is 34.6 Å². The number of hydrogen-bond donors (Lipinski definition) is 1. The van der Waals surface area contributed by atoms with Gasteiger partial charge in [-0.15, -0.1) is 23.1 Å². The number of hydrogen-bond acceptors (Lipinski definition) is 4. The molecule has 0 aliphatic heterocycles. The molecule has 1 aromatic carbocycles. The van der Waals surface area contributed by atoms with Crippen molar-refractivity contribution < 1.29 is 4.39 Å². The molecule has 0 aliphatic rings. The molecule has 0 spiro atoms. The number of thiazole rings is 1. The fourth-order valence-corrected chi connectivity index (χ4v) is 3.78. The van der Waals surface area contributed by atoms with E-state index < -0.39 is 0 Å². The minimum atomic E-state index is -0.217. The van der Waals surface area contributed by atoms with Crippen LogP contribution in [0.25, 0.3) is 10.6 Å². The van der Waals surface area contributed by atoms with E-state index in [0.29, 0.717) is 18.0 Å². The molecule has 2 nitrogen and oxygen atoms in total. The van der Waals surface area contributed by atoms with Gasteiger partial charge >= 0.3 is 0 Å². The third-order valence-corrected chi connectivity index (χ3v) is 4.89. The van der Waals surface area contributed by atoms with E-state index in [1.54, 1.807) is 6.07 Å². The Morgan fingerprint density at radius 3 is 2.75 bits per heavy atom. The van der Waals surface area contributed by atoms with Crippen molar-refractivity contribution in [2.45, 2.75) is 31.7 Å². The highest BCUT2D eigenvalue weighted by Gasteiger charge is 2.18. The van der Waals surface area contributed by atoms with Crippen LogP contribution in [0.2, 0.25) is 0 Å². The van der Waals surface area contributed by atoms with Crippen molar-refractivity contribution in [1.29, 1.82) is 0 Å². The lowest BCUT2D eigenvalue weighted by Crippen LogP contribution is -2.02. The van der Waals surface area contributed by atoms with E-state index in [9.17, 15) is 4.39 Å². The molecule has 0 fully saturated rings. The van der Waals surface area contributed by atoms with Crippen molar-refractivity contribution in [3.8, 4) is 10.6 Å². The van der Waals surface area contributed by atoms with E-state index in [4.69, 9.17) is 5.73 Å². The molecule has 0 amide bonds. The molecule has 0 bridgehead atoms. The third kappa shape index (κ3) is 3.22. The van der Waals surface area contributed by atoms with E-state index in [1.165, 1.54) is 29.2 Å². The molecule has 108 valence electrons. The highest BCUT2D eigenvalue weighted by Crippen LogP contribution is 2.36. The zero-order valence-corrected chi connectivity index (χ0v) is 13.6. The molecule has 1 aromatic heterocycles. The summed E-state index contributed by atoms with van der Waals surface area (Å²) < 4.78 is 14.2. The summed E-state index contributed by atoms with van der Waals surface area (Å²) in [5, 5.41) is 0.739. The van der Waals surface area contributed by atoms with Crippen molar-refractivity contribution in [2.24, 2.45) is 11.7 Å². The van der Waals surface area contributed by atoms with Gasteiger partial charge in [-0.25, -0.2) is 9.37 Å². The van der Waals surface area contributed by atoms with Crippen molar-refractivity contribution in [3.63, 3.8) is 0 Å². The predicted molar refractivity (Wildman–Crippen MR) is 85.7 cm³/mol. The molecule has 0 atom stereocenters. The number of thioether (sulfide) groups is 1. The zero-order valence-electron chi connectivity index (χ0n) is 11.9. The molecular formula is C15H19FN2S2. The number of halogens is 1. The van der Waals surface area contributed by atoms with Gasteiger partial charge in [-0.3, -0.25) is 0 Å². The van der Waals surface area contributed by atoms with Crippen molar-refractivity contribution >= 4 is 23.1 Å².